The number of nitrogens with one attached hydrogen (secondary N) is 1. The van der Waals surface area contributed by atoms with E-state index >= 15 is 0 Å². The highest BCUT2D eigenvalue weighted by atomic mass is 16.5. The number of rotatable bonds is 4. The molecule has 7 heteroatoms. The third-order valence-corrected chi connectivity index (χ3v) is 2.51. The molecule has 0 aliphatic heterocycles. The highest BCUT2D eigenvalue weighted by Crippen LogP contribution is 2.21. The van der Waals surface area contributed by atoms with Gasteiger partial charge in [0, 0.05) is 12.6 Å². The van der Waals surface area contributed by atoms with Crippen molar-refractivity contribution in [1.29, 1.82) is 0 Å². The van der Waals surface area contributed by atoms with Crippen molar-refractivity contribution in [3.8, 4) is 5.69 Å². The molecule has 0 unspecified atom stereocenters. The Morgan fingerprint density at radius 1 is 1.56 bits per heavy atom. The predicted molar refractivity (Wildman–Crippen MR) is 65.5 cm³/mol. The number of aryl methyl sites for hydroxylation is 1. The average molecular weight is 249 g/mol. The molecule has 0 saturated carbocycles. The van der Waals surface area contributed by atoms with E-state index < -0.39 is 5.97 Å². The molecule has 0 atom stereocenters. The molecular formula is C11H15N5O2. The van der Waals surface area contributed by atoms with Gasteiger partial charge >= 0.3 is 5.97 Å². The third kappa shape index (κ3) is 1.94. The second kappa shape index (κ2) is 4.91. The Hall–Kier alpha value is -2.31. The first kappa shape index (κ1) is 12.2. The van der Waals surface area contributed by atoms with Crippen molar-refractivity contribution in [3.63, 3.8) is 0 Å². The maximum atomic E-state index is 11.7. The van der Waals surface area contributed by atoms with E-state index in [4.69, 9.17) is 10.5 Å². The van der Waals surface area contributed by atoms with Crippen molar-refractivity contribution >= 4 is 11.8 Å². The van der Waals surface area contributed by atoms with Gasteiger partial charge in [-0.15, -0.1) is 0 Å². The number of nitrogens with two attached hydrogens (primary N) is 1. The number of esters is 1. The summed E-state index contributed by atoms with van der Waals surface area (Å²) in [6, 6.07) is 0. The predicted octanol–water partition coefficient (Wildman–Crippen LogP) is 0.917. The van der Waals surface area contributed by atoms with E-state index in [9.17, 15) is 4.79 Å². The summed E-state index contributed by atoms with van der Waals surface area (Å²) >= 11 is 0. The molecule has 0 spiro atoms. The zero-order valence-corrected chi connectivity index (χ0v) is 10.3. The van der Waals surface area contributed by atoms with Gasteiger partial charge in [0.15, 0.2) is 5.69 Å². The second-order valence-electron chi connectivity index (χ2n) is 3.63. The number of imidazole rings is 1. The number of ether oxygens (including phenoxy) is 1. The lowest BCUT2D eigenvalue weighted by molar-refractivity contribution is 0.0521. The fraction of sp³-hybridized carbons (Fsp3) is 0.364. The Labute approximate surface area is 104 Å². The van der Waals surface area contributed by atoms with Crippen molar-refractivity contribution in [1.82, 2.24) is 19.7 Å². The molecule has 96 valence electrons. The van der Waals surface area contributed by atoms with Crippen LogP contribution in [0.4, 0.5) is 5.82 Å². The van der Waals surface area contributed by atoms with Crippen LogP contribution in [0.2, 0.25) is 0 Å². The number of anilines is 1. The molecule has 0 amide bonds. The normalized spacial score (nSPS) is 10.6. The van der Waals surface area contributed by atoms with Crippen LogP contribution in [0.1, 0.15) is 30.2 Å². The summed E-state index contributed by atoms with van der Waals surface area (Å²) < 4.78 is 6.61. The summed E-state index contributed by atoms with van der Waals surface area (Å²) in [5, 5.41) is 6.56. The van der Waals surface area contributed by atoms with E-state index in [1.807, 2.05) is 6.92 Å². The molecule has 3 N–H and O–H groups in total. The maximum Gasteiger partial charge on any atom is 0.360 e. The Morgan fingerprint density at radius 3 is 2.89 bits per heavy atom. The Kier molecular flexibility index (Phi) is 3.31. The molecule has 0 radical (unpaired) electrons. The van der Waals surface area contributed by atoms with E-state index in [0.29, 0.717) is 12.2 Å². The van der Waals surface area contributed by atoms with Crippen LogP contribution >= 0.6 is 0 Å². The van der Waals surface area contributed by atoms with E-state index in [-0.39, 0.29) is 18.1 Å². The number of nitrogens with zero attached hydrogens (tertiary/aromatic N) is 3. The lowest BCUT2D eigenvalue weighted by Gasteiger charge is -2.05. The molecular weight excluding hydrogens is 234 g/mol. The topological polar surface area (TPSA) is 98.8 Å². The summed E-state index contributed by atoms with van der Waals surface area (Å²) in [6.07, 6.45) is 3.95. The molecule has 18 heavy (non-hydrogen) atoms. The quantitative estimate of drug-likeness (QED) is 0.785. The molecule has 2 rings (SSSR count). The first-order chi connectivity index (χ1) is 8.69. The van der Waals surface area contributed by atoms with Crippen LogP contribution in [0, 0.1) is 0 Å². The number of hydrogen-bond donors (Lipinski definition) is 2. The third-order valence-electron chi connectivity index (χ3n) is 2.51. The molecule has 2 aromatic rings. The minimum Gasteiger partial charge on any atom is -0.461 e. The zero-order valence-electron chi connectivity index (χ0n) is 10.3. The lowest BCUT2D eigenvalue weighted by atomic mass is 10.4. The fourth-order valence-corrected chi connectivity index (χ4v) is 1.72. The van der Waals surface area contributed by atoms with Crippen LogP contribution in [-0.4, -0.2) is 32.3 Å². The van der Waals surface area contributed by atoms with Crippen molar-refractivity contribution < 1.29 is 9.53 Å². The van der Waals surface area contributed by atoms with E-state index in [2.05, 4.69) is 15.2 Å². The molecule has 2 aromatic heterocycles. The molecule has 2 heterocycles. The van der Waals surface area contributed by atoms with Crippen LogP contribution < -0.4 is 5.73 Å². The first-order valence-corrected chi connectivity index (χ1v) is 5.72. The van der Waals surface area contributed by atoms with Gasteiger partial charge in [-0.3, -0.25) is 9.67 Å². The highest BCUT2D eigenvalue weighted by molar-refractivity contribution is 5.92. The molecule has 7 nitrogen and oxygen atoms in total. The van der Waals surface area contributed by atoms with Gasteiger partial charge in [-0.05, 0) is 6.92 Å². The maximum absolute atomic E-state index is 11.7. The van der Waals surface area contributed by atoms with Gasteiger partial charge in [0.1, 0.15) is 11.6 Å². The minimum atomic E-state index is -0.507. The number of carbonyl (C=O) groups excluding carboxylic acids is 1. The number of hydrogen-bond acceptors (Lipinski definition) is 5. The summed E-state index contributed by atoms with van der Waals surface area (Å²) in [4.78, 5) is 15.9. The smallest absolute Gasteiger partial charge is 0.360 e. The average Bonchev–Trinajstić information content (AvgIpc) is 2.96. The van der Waals surface area contributed by atoms with Crippen LogP contribution in [0.25, 0.3) is 5.69 Å². The highest BCUT2D eigenvalue weighted by Gasteiger charge is 2.21. The van der Waals surface area contributed by atoms with Crippen LogP contribution in [0.15, 0.2) is 12.4 Å². The summed E-state index contributed by atoms with van der Waals surface area (Å²) in [7, 11) is 0. The van der Waals surface area contributed by atoms with Gasteiger partial charge in [-0.25, -0.2) is 9.78 Å². The zero-order chi connectivity index (χ0) is 13.1. The Morgan fingerprint density at radius 2 is 2.33 bits per heavy atom. The number of aromatic nitrogens is 4. The number of nitrogen functional groups attached to an aromatic ring is 1. The van der Waals surface area contributed by atoms with Crippen molar-refractivity contribution in [2.24, 2.45) is 0 Å². The molecule has 0 saturated heterocycles. The largest absolute Gasteiger partial charge is 0.461 e. The monoisotopic (exact) mass is 249 g/mol. The summed E-state index contributed by atoms with van der Waals surface area (Å²) in [6.45, 7) is 3.97. The molecule has 0 bridgehead atoms. The molecule has 0 fully saturated rings. The van der Waals surface area contributed by atoms with Gasteiger partial charge in [0.25, 0.3) is 0 Å². The number of H-pyrrole nitrogens is 1. The van der Waals surface area contributed by atoms with Gasteiger partial charge in [-0.1, -0.05) is 6.92 Å². The van der Waals surface area contributed by atoms with Gasteiger partial charge in [0.2, 0.25) is 0 Å². The SMILES string of the molecule is CCOC(=O)c1nc(CC)n(-c2cn[nH]c2)c1N. The van der Waals surface area contributed by atoms with Gasteiger partial charge < -0.3 is 10.5 Å². The molecule has 0 aromatic carbocycles. The van der Waals surface area contributed by atoms with Crippen LogP contribution in [0.3, 0.4) is 0 Å². The number of carbonyl (C=O) groups is 1. The van der Waals surface area contributed by atoms with Crippen LogP contribution in [-0.2, 0) is 11.2 Å². The van der Waals surface area contributed by atoms with E-state index in [1.54, 1.807) is 23.9 Å². The Balaban J connectivity index is 2.50. The summed E-state index contributed by atoms with van der Waals surface area (Å²) in [5.74, 6) is 0.454. The second-order valence-corrected chi connectivity index (χ2v) is 3.63. The van der Waals surface area contributed by atoms with E-state index in [0.717, 1.165) is 5.69 Å². The Bertz CT molecular complexity index is 544. The lowest BCUT2D eigenvalue weighted by Crippen LogP contribution is -2.09. The molecule has 0 aliphatic carbocycles. The van der Waals surface area contributed by atoms with E-state index in [1.165, 1.54) is 0 Å². The summed E-state index contributed by atoms with van der Waals surface area (Å²) in [5.41, 5.74) is 6.85. The first-order valence-electron chi connectivity index (χ1n) is 5.72. The minimum absolute atomic E-state index is 0.148. The van der Waals surface area contributed by atoms with Gasteiger partial charge in [0.05, 0.1) is 18.5 Å². The fourth-order valence-electron chi connectivity index (χ4n) is 1.72. The van der Waals surface area contributed by atoms with Crippen molar-refractivity contribution in [2.75, 3.05) is 12.3 Å². The van der Waals surface area contributed by atoms with Crippen molar-refractivity contribution in [2.45, 2.75) is 20.3 Å². The van der Waals surface area contributed by atoms with Crippen LogP contribution in [0.5, 0.6) is 0 Å². The number of aromatic amines is 1. The van der Waals surface area contributed by atoms with Gasteiger partial charge in [-0.2, -0.15) is 5.10 Å². The standard InChI is InChI=1S/C11H15N5O2/c1-3-8-15-9(11(17)18-4-2)10(12)16(8)7-5-13-14-6-7/h5-6H,3-4,12H2,1-2H3,(H,13,14). The molecule has 0 aliphatic rings. The van der Waals surface area contributed by atoms with Crippen molar-refractivity contribution in [3.05, 3.63) is 23.9 Å².